The Morgan fingerprint density at radius 1 is 1.10 bits per heavy atom. The number of rotatable bonds is 13. The number of nitrogen functional groups attached to an aromatic ring is 1. The lowest BCUT2D eigenvalue weighted by Gasteiger charge is -2.19. The van der Waals surface area contributed by atoms with Crippen LogP contribution in [0, 0.1) is 0 Å². The van der Waals surface area contributed by atoms with Gasteiger partial charge in [0.1, 0.15) is 49.8 Å². The smallest absolute Gasteiger partial charge is 0.336 e. The number of carbonyl (C=O) groups is 2. The Morgan fingerprint density at radius 3 is 2.60 bits per heavy atom. The van der Waals surface area contributed by atoms with E-state index in [1.807, 2.05) is 74.1 Å². The van der Waals surface area contributed by atoms with Gasteiger partial charge in [0, 0.05) is 80.7 Å². The van der Waals surface area contributed by atoms with E-state index >= 15 is 0 Å². The summed E-state index contributed by atoms with van der Waals surface area (Å²) >= 11 is 0. The highest BCUT2D eigenvalue weighted by molar-refractivity contribution is 7.51. The van der Waals surface area contributed by atoms with Crippen LogP contribution in [-0.4, -0.2) is 109 Å². The lowest BCUT2D eigenvalue weighted by Crippen LogP contribution is -2.27. The van der Waals surface area contributed by atoms with Crippen LogP contribution in [0.15, 0.2) is 65.3 Å². The maximum absolute atomic E-state index is 13.7. The molecule has 1 fully saturated rings. The highest BCUT2D eigenvalue weighted by Crippen LogP contribution is 2.45. The van der Waals surface area contributed by atoms with Crippen LogP contribution in [0.4, 0.5) is 11.5 Å². The van der Waals surface area contributed by atoms with Gasteiger partial charge in [-0.3, -0.25) is 9.36 Å². The van der Waals surface area contributed by atoms with Crippen molar-refractivity contribution in [2.75, 3.05) is 65.8 Å². The van der Waals surface area contributed by atoms with E-state index in [0.717, 1.165) is 17.7 Å². The summed E-state index contributed by atoms with van der Waals surface area (Å²) in [6.45, 7) is 1.50. The first-order valence-electron chi connectivity index (χ1n) is 18.6. The zero-order valence-electron chi connectivity index (χ0n) is 33.0. The van der Waals surface area contributed by atoms with Gasteiger partial charge in [0.15, 0.2) is 11.9 Å². The zero-order chi connectivity index (χ0) is 41.5. The van der Waals surface area contributed by atoms with E-state index in [2.05, 4.69) is 15.3 Å². The summed E-state index contributed by atoms with van der Waals surface area (Å²) in [6, 6.07) is 16.1. The number of nitrogens with zero attached hydrogens (tertiary/aromatic N) is 6. The number of hydrogen-bond donors (Lipinski definition) is 4. The highest BCUT2D eigenvalue weighted by Gasteiger charge is 2.41. The van der Waals surface area contributed by atoms with Gasteiger partial charge in [-0.2, -0.15) is 5.10 Å². The van der Waals surface area contributed by atoms with Crippen LogP contribution < -0.4 is 25.9 Å². The maximum Gasteiger partial charge on any atom is 0.336 e. The number of aromatic carboxylic acids is 1. The zero-order valence-corrected chi connectivity index (χ0v) is 33.9. The molecule has 1 amide bonds. The Kier molecular flexibility index (Phi) is 11.4. The number of aromatic nitrogens is 4. The number of amides is 1. The first kappa shape index (κ1) is 40.5. The van der Waals surface area contributed by atoms with Crippen LogP contribution >= 0.6 is 7.60 Å². The average molecular weight is 814 g/mol. The van der Waals surface area contributed by atoms with E-state index in [4.69, 9.17) is 29.2 Å². The number of methoxy groups -OCH3 is 1. The number of anilines is 2. The van der Waals surface area contributed by atoms with Crippen molar-refractivity contribution in [1.29, 1.82) is 0 Å². The summed E-state index contributed by atoms with van der Waals surface area (Å²) in [5, 5.41) is 20.3. The molecule has 3 aliphatic rings. The molecule has 2 aliphatic heterocycles. The fraction of sp³-hybridized carbons (Fsp3) is 0.350. The van der Waals surface area contributed by atoms with Crippen LogP contribution in [0.3, 0.4) is 0 Å². The topological polar surface area (TPSA) is 220 Å². The molecule has 17 nitrogen and oxygen atoms in total. The first-order chi connectivity index (χ1) is 27.6. The number of aryl methyl sites for hydroxylation is 1. The molecule has 5 N–H and O–H groups in total. The number of nitrogens with one attached hydrogen (secondary N) is 1. The standard InChI is InChI=1S/C40H45N8O9P/c1-46(2)23-10-13-26-30(17-23)55-31-18-24(47(3)4)11-14-27(31)35(26)28-16-22(9-12-25(28)40(50)51)39(49)42-15-7-8-29-36-37(41)43-21-44-38(36)48(45-29)34-19-32(57-58(6,52)53)33(56-34)20-54-5/h9-14,16-18,21,32-34H,7-8,15,19-20H2,1-6H3,(H4-,41,42,43,44,45,49,50,51,52,53)/p+1. The van der Waals surface area contributed by atoms with E-state index in [9.17, 15) is 24.2 Å². The van der Waals surface area contributed by atoms with Crippen molar-refractivity contribution in [2.45, 2.75) is 37.7 Å². The highest BCUT2D eigenvalue weighted by atomic mass is 31.2. The molecule has 0 spiro atoms. The van der Waals surface area contributed by atoms with Crippen molar-refractivity contribution in [3.05, 3.63) is 83.1 Å². The number of carboxylic acids is 1. The molecular formula is C40H46N8O9P+. The number of nitrogens with two attached hydrogens (primary N) is 1. The van der Waals surface area contributed by atoms with Gasteiger partial charge in [-0.1, -0.05) is 0 Å². The normalized spacial score (nSPS) is 17.8. The second-order valence-electron chi connectivity index (χ2n) is 14.7. The fourth-order valence-corrected chi connectivity index (χ4v) is 8.05. The Morgan fingerprint density at radius 2 is 1.90 bits per heavy atom. The minimum Gasteiger partial charge on any atom is -0.478 e. The van der Waals surface area contributed by atoms with Crippen molar-refractivity contribution in [1.82, 2.24) is 29.6 Å². The summed E-state index contributed by atoms with van der Waals surface area (Å²) < 4.78 is 38.9. The summed E-state index contributed by atoms with van der Waals surface area (Å²) in [7, 11) is 5.39. The predicted molar refractivity (Wildman–Crippen MR) is 218 cm³/mol. The minimum atomic E-state index is -3.83. The van der Waals surface area contributed by atoms with Gasteiger partial charge in [-0.15, -0.1) is 0 Å². The Labute approximate surface area is 333 Å². The summed E-state index contributed by atoms with van der Waals surface area (Å²) in [5.41, 5.74) is 10.8. The lowest BCUT2D eigenvalue weighted by atomic mass is 9.89. The molecule has 1 saturated heterocycles. The second kappa shape index (κ2) is 16.3. The molecule has 4 unspecified atom stereocenters. The fourth-order valence-electron chi connectivity index (χ4n) is 7.32. The van der Waals surface area contributed by atoms with Crippen LogP contribution in [0.5, 0.6) is 0 Å². The SMILES string of the molecule is COCC1OC(n2nc(CCCNC(=O)c3ccc(C(=O)O)c(-c4c5ccc(=[N+](C)C)cc-5oc5cc(N(C)C)ccc45)c3)c3c(N)ncnc32)CC1OP(C)(=O)O. The number of benzene rings is 3. The number of carbonyl (C=O) groups excluding carboxylic acids is 1. The first-order valence-corrected chi connectivity index (χ1v) is 20.6. The summed E-state index contributed by atoms with van der Waals surface area (Å²) in [5.74, 6) is -0.732. The van der Waals surface area contributed by atoms with E-state index in [0.29, 0.717) is 63.0 Å². The third-order valence-electron chi connectivity index (χ3n) is 10.1. The van der Waals surface area contributed by atoms with Gasteiger partial charge >= 0.3 is 13.6 Å². The van der Waals surface area contributed by atoms with E-state index in [1.54, 1.807) is 10.7 Å². The molecule has 2 aromatic carbocycles. The number of ether oxygens (including phenoxy) is 2. The van der Waals surface area contributed by atoms with Crippen molar-refractivity contribution in [2.24, 2.45) is 0 Å². The minimum absolute atomic E-state index is 0.0405. The van der Waals surface area contributed by atoms with Crippen molar-refractivity contribution in [3.63, 3.8) is 0 Å². The van der Waals surface area contributed by atoms with Gasteiger partial charge in [0.2, 0.25) is 5.36 Å². The Hall–Kier alpha value is -5.71. The van der Waals surface area contributed by atoms with Gasteiger partial charge in [-0.25, -0.2) is 24.0 Å². The van der Waals surface area contributed by atoms with Gasteiger partial charge < -0.3 is 44.4 Å². The maximum atomic E-state index is 13.7. The largest absolute Gasteiger partial charge is 0.478 e. The summed E-state index contributed by atoms with van der Waals surface area (Å²) in [4.78, 5) is 46.9. The van der Waals surface area contributed by atoms with Crippen LogP contribution in [0.1, 0.15) is 45.5 Å². The molecule has 1 aliphatic carbocycles. The molecule has 0 bridgehead atoms. The Bertz CT molecular complexity index is 2630. The van der Waals surface area contributed by atoms with Crippen molar-refractivity contribution < 1.29 is 42.6 Å². The molecule has 0 radical (unpaired) electrons. The van der Waals surface area contributed by atoms with Gasteiger partial charge in [0.05, 0.1) is 29.3 Å². The van der Waals surface area contributed by atoms with E-state index in [-0.39, 0.29) is 42.4 Å². The quantitative estimate of drug-likeness (QED) is 0.0556. The third-order valence-corrected chi connectivity index (χ3v) is 10.7. The Balaban J connectivity index is 1.15. The van der Waals surface area contributed by atoms with Crippen molar-refractivity contribution in [3.8, 4) is 22.5 Å². The lowest BCUT2D eigenvalue weighted by molar-refractivity contribution is -0.0530. The van der Waals surface area contributed by atoms with E-state index < -0.39 is 32.0 Å². The summed E-state index contributed by atoms with van der Waals surface area (Å²) in [6.07, 6.45) is 0.329. The molecule has 4 aromatic rings. The monoisotopic (exact) mass is 813 g/mol. The molecule has 2 aromatic heterocycles. The molecule has 0 saturated carbocycles. The molecule has 7 rings (SSSR count). The number of fused-ring (bicyclic) bond motifs is 3. The molecular weight excluding hydrogens is 767 g/mol. The van der Waals surface area contributed by atoms with Crippen LogP contribution in [0.2, 0.25) is 0 Å². The van der Waals surface area contributed by atoms with Gasteiger partial charge in [0.25, 0.3) is 5.91 Å². The average Bonchev–Trinajstić information content (AvgIpc) is 3.75. The van der Waals surface area contributed by atoms with Crippen molar-refractivity contribution >= 4 is 53.0 Å². The molecule has 304 valence electrons. The van der Waals surface area contributed by atoms with Gasteiger partial charge in [-0.05, 0) is 54.8 Å². The molecule has 4 heterocycles. The molecule has 58 heavy (non-hydrogen) atoms. The number of hydrogen-bond acceptors (Lipinski definition) is 12. The van der Waals surface area contributed by atoms with Crippen LogP contribution in [0.25, 0.3) is 44.5 Å². The number of carboxylic acid groups (broad SMARTS) is 1. The van der Waals surface area contributed by atoms with E-state index in [1.165, 1.54) is 25.6 Å². The second-order valence-corrected chi connectivity index (χ2v) is 16.5. The third kappa shape index (κ3) is 8.17. The molecule has 4 atom stereocenters. The predicted octanol–water partition coefficient (Wildman–Crippen LogP) is 4.22. The molecule has 18 heteroatoms. The van der Waals surface area contributed by atoms with Crippen LogP contribution in [-0.2, 0) is 25.0 Å².